The van der Waals surface area contributed by atoms with Gasteiger partial charge in [-0.1, -0.05) is 37.3 Å². The second-order valence-electron chi connectivity index (χ2n) is 6.10. The van der Waals surface area contributed by atoms with E-state index in [2.05, 4.69) is 5.32 Å². The fraction of sp³-hybridized carbons (Fsp3) is 0.579. The average Bonchev–Trinajstić information content (AvgIpc) is 2.58. The van der Waals surface area contributed by atoms with Crippen LogP contribution < -0.4 is 5.32 Å². The molecule has 0 heterocycles. The number of nitrogens with one attached hydrogen (secondary N) is 1. The molecule has 0 aromatic heterocycles. The van der Waals surface area contributed by atoms with Crippen LogP contribution in [0.3, 0.4) is 0 Å². The number of benzene rings is 1. The van der Waals surface area contributed by atoms with Gasteiger partial charge in [-0.25, -0.2) is 0 Å². The molecule has 0 saturated carbocycles. The summed E-state index contributed by atoms with van der Waals surface area (Å²) in [7, 11) is 0. The largest absolute Gasteiger partial charge is 0.379 e. The van der Waals surface area contributed by atoms with Crippen LogP contribution in [0.5, 0.6) is 0 Å². The van der Waals surface area contributed by atoms with Crippen molar-refractivity contribution in [1.82, 2.24) is 10.2 Å². The summed E-state index contributed by atoms with van der Waals surface area (Å²) in [5.74, 6) is -0.151. The molecular formula is C19H30N2O3. The van der Waals surface area contributed by atoms with Gasteiger partial charge in [-0.2, -0.15) is 0 Å². The maximum atomic E-state index is 12.3. The Balaban J connectivity index is 2.55. The lowest BCUT2D eigenvalue weighted by Gasteiger charge is -2.28. The first-order valence-electron chi connectivity index (χ1n) is 8.68. The zero-order valence-electron chi connectivity index (χ0n) is 15.2. The monoisotopic (exact) mass is 334 g/mol. The molecular weight excluding hydrogens is 304 g/mol. The summed E-state index contributed by atoms with van der Waals surface area (Å²) in [5, 5.41) is 2.89. The van der Waals surface area contributed by atoms with Gasteiger partial charge in [0.15, 0.2) is 0 Å². The summed E-state index contributed by atoms with van der Waals surface area (Å²) in [6.45, 7) is 9.17. The number of hydrogen-bond donors (Lipinski definition) is 1. The standard InChI is InChI=1S/C19H30N2O3/c1-5-18(22)21(14-17-10-7-6-8-11-17)16(4)19(23)20-12-9-13-24-15(2)3/h6-8,10-11,15-16H,5,9,12-14H2,1-4H3,(H,20,23)/t16-/m0/s1. The Morgan fingerprint density at radius 3 is 2.42 bits per heavy atom. The number of carbonyl (C=O) groups excluding carboxylic acids is 2. The van der Waals surface area contributed by atoms with Gasteiger partial charge in [0.25, 0.3) is 0 Å². The van der Waals surface area contributed by atoms with E-state index in [4.69, 9.17) is 4.74 Å². The lowest BCUT2D eigenvalue weighted by molar-refractivity contribution is -0.140. The van der Waals surface area contributed by atoms with Crippen molar-refractivity contribution < 1.29 is 14.3 Å². The highest BCUT2D eigenvalue weighted by molar-refractivity contribution is 5.87. The third-order valence-corrected chi connectivity index (χ3v) is 3.74. The van der Waals surface area contributed by atoms with Crippen molar-refractivity contribution in [2.45, 2.75) is 59.2 Å². The minimum Gasteiger partial charge on any atom is -0.379 e. The van der Waals surface area contributed by atoms with Gasteiger partial charge in [0.05, 0.1) is 6.10 Å². The minimum atomic E-state index is -0.497. The van der Waals surface area contributed by atoms with Gasteiger partial charge in [-0.3, -0.25) is 9.59 Å². The second-order valence-corrected chi connectivity index (χ2v) is 6.10. The Hall–Kier alpha value is -1.88. The third kappa shape index (κ3) is 7.13. The highest BCUT2D eigenvalue weighted by Gasteiger charge is 2.24. The molecule has 2 amide bonds. The normalized spacial score (nSPS) is 12.0. The summed E-state index contributed by atoms with van der Waals surface area (Å²) in [5.41, 5.74) is 1.02. The first-order chi connectivity index (χ1) is 11.5. The number of hydrogen-bond acceptors (Lipinski definition) is 3. The second kappa shape index (κ2) is 10.8. The molecule has 0 aliphatic heterocycles. The Morgan fingerprint density at radius 2 is 1.83 bits per heavy atom. The van der Waals surface area contributed by atoms with Crippen LogP contribution in [-0.4, -0.2) is 42.0 Å². The summed E-state index contributed by atoms with van der Waals surface area (Å²) in [4.78, 5) is 26.2. The van der Waals surface area contributed by atoms with Crippen molar-refractivity contribution in [2.24, 2.45) is 0 Å². The van der Waals surface area contributed by atoms with E-state index in [0.717, 1.165) is 12.0 Å². The smallest absolute Gasteiger partial charge is 0.242 e. The van der Waals surface area contributed by atoms with Crippen molar-refractivity contribution in [3.8, 4) is 0 Å². The van der Waals surface area contributed by atoms with Crippen molar-refractivity contribution in [1.29, 1.82) is 0 Å². The van der Waals surface area contributed by atoms with Crippen LogP contribution in [0.4, 0.5) is 0 Å². The SMILES string of the molecule is CCC(=O)N(Cc1ccccc1)[C@@H](C)C(=O)NCCCOC(C)C. The number of ether oxygens (including phenoxy) is 1. The molecule has 0 fully saturated rings. The van der Waals surface area contributed by atoms with Crippen molar-refractivity contribution >= 4 is 11.8 Å². The fourth-order valence-electron chi connectivity index (χ4n) is 2.32. The van der Waals surface area contributed by atoms with E-state index >= 15 is 0 Å². The molecule has 0 radical (unpaired) electrons. The van der Waals surface area contributed by atoms with Gasteiger partial charge in [-0.15, -0.1) is 0 Å². The molecule has 0 spiro atoms. The Bertz CT molecular complexity index is 503. The van der Waals surface area contributed by atoms with Gasteiger partial charge in [-0.05, 0) is 32.8 Å². The topological polar surface area (TPSA) is 58.6 Å². The predicted octanol–water partition coefficient (Wildman–Crippen LogP) is 2.75. The number of amides is 2. The zero-order chi connectivity index (χ0) is 17.9. The van der Waals surface area contributed by atoms with Crippen LogP contribution in [0.2, 0.25) is 0 Å². The summed E-state index contributed by atoms with van der Waals surface area (Å²) in [6, 6.07) is 9.23. The van der Waals surface area contributed by atoms with Crippen molar-refractivity contribution in [3.63, 3.8) is 0 Å². The van der Waals surface area contributed by atoms with Gasteiger partial charge >= 0.3 is 0 Å². The van der Waals surface area contributed by atoms with Crippen molar-refractivity contribution in [2.75, 3.05) is 13.2 Å². The maximum Gasteiger partial charge on any atom is 0.242 e. The molecule has 1 aromatic rings. The Labute approximate surface area is 145 Å². The molecule has 0 bridgehead atoms. The number of rotatable bonds is 10. The van der Waals surface area contributed by atoms with E-state index in [-0.39, 0.29) is 17.9 Å². The zero-order valence-corrected chi connectivity index (χ0v) is 15.2. The lowest BCUT2D eigenvalue weighted by atomic mass is 10.1. The lowest BCUT2D eigenvalue weighted by Crippen LogP contribution is -2.47. The maximum absolute atomic E-state index is 12.3. The summed E-state index contributed by atoms with van der Waals surface area (Å²) in [6.07, 6.45) is 1.34. The minimum absolute atomic E-state index is 0.0235. The van der Waals surface area contributed by atoms with E-state index in [1.54, 1.807) is 11.8 Å². The molecule has 5 heteroatoms. The van der Waals surface area contributed by atoms with Gasteiger partial charge in [0, 0.05) is 26.1 Å². The highest BCUT2D eigenvalue weighted by atomic mass is 16.5. The number of carbonyl (C=O) groups is 2. The van der Waals surface area contributed by atoms with E-state index in [1.165, 1.54) is 0 Å². The van der Waals surface area contributed by atoms with Crippen LogP contribution in [-0.2, 0) is 20.9 Å². The van der Waals surface area contributed by atoms with E-state index in [9.17, 15) is 9.59 Å². The fourth-order valence-corrected chi connectivity index (χ4v) is 2.32. The molecule has 0 unspecified atom stereocenters. The van der Waals surface area contributed by atoms with Gasteiger partial charge in [0.2, 0.25) is 11.8 Å². The first kappa shape index (κ1) is 20.2. The van der Waals surface area contributed by atoms with Crippen LogP contribution in [0.25, 0.3) is 0 Å². The molecule has 1 rings (SSSR count). The molecule has 134 valence electrons. The molecule has 0 saturated heterocycles. The summed E-state index contributed by atoms with van der Waals surface area (Å²) < 4.78 is 5.45. The van der Waals surface area contributed by atoms with Crippen molar-refractivity contribution in [3.05, 3.63) is 35.9 Å². The van der Waals surface area contributed by atoms with Gasteiger partial charge in [0.1, 0.15) is 6.04 Å². The quantitative estimate of drug-likeness (QED) is 0.669. The van der Waals surface area contributed by atoms with E-state index in [0.29, 0.717) is 26.1 Å². The Kier molecular flexibility index (Phi) is 9.08. The van der Waals surface area contributed by atoms with E-state index in [1.807, 2.05) is 51.1 Å². The van der Waals surface area contributed by atoms with Gasteiger partial charge < -0.3 is 15.0 Å². The Morgan fingerprint density at radius 1 is 1.17 bits per heavy atom. The molecule has 1 N–H and O–H groups in total. The predicted molar refractivity (Wildman–Crippen MR) is 95.5 cm³/mol. The number of nitrogens with zero attached hydrogens (tertiary/aromatic N) is 1. The first-order valence-corrected chi connectivity index (χ1v) is 8.68. The van der Waals surface area contributed by atoms with Crippen LogP contribution in [0, 0.1) is 0 Å². The highest BCUT2D eigenvalue weighted by Crippen LogP contribution is 2.10. The van der Waals surface area contributed by atoms with Crippen LogP contribution in [0.15, 0.2) is 30.3 Å². The third-order valence-electron chi connectivity index (χ3n) is 3.74. The molecule has 24 heavy (non-hydrogen) atoms. The molecule has 1 atom stereocenters. The van der Waals surface area contributed by atoms with Crippen LogP contribution in [0.1, 0.15) is 46.1 Å². The molecule has 1 aromatic carbocycles. The molecule has 0 aliphatic rings. The summed E-state index contributed by atoms with van der Waals surface area (Å²) >= 11 is 0. The van der Waals surface area contributed by atoms with Crippen LogP contribution >= 0.6 is 0 Å². The van der Waals surface area contributed by atoms with E-state index < -0.39 is 6.04 Å². The molecule has 0 aliphatic carbocycles. The average molecular weight is 334 g/mol. The molecule has 5 nitrogen and oxygen atoms in total.